The van der Waals surface area contributed by atoms with E-state index in [1.165, 1.54) is 24.3 Å². The monoisotopic (exact) mass is 591 g/mol. The lowest BCUT2D eigenvalue weighted by molar-refractivity contribution is 0.0980. The number of carbonyl (C=O) groups excluding carboxylic acids is 2. The number of hydrogen-bond acceptors (Lipinski definition) is 6. The van der Waals surface area contributed by atoms with E-state index in [0.29, 0.717) is 0 Å². The molecule has 0 saturated heterocycles. The Morgan fingerprint density at radius 1 is 1.10 bits per heavy atom. The standard InChI is InChI=1S/C31H33N3O6S/c1-20-8-4-7-11-29(20)41(37,38)33-30(35)22-13-12-21(28(17-22)39-3)16-23-19-34(2)27-15-14-24(18-26(23)27)32-31(36)40-25-9-5-6-10-25/h4,7-8,11-15,17-19,25H,5-6,9-10,16H2,1-3H3,(H,32,36)(H,33,35)/i1D3,2D3,5D2,6D2,9D2,10D2,16D2. The summed E-state index contributed by atoms with van der Waals surface area (Å²) in [7, 11) is -3.62. The number of sulfonamides is 1. The van der Waals surface area contributed by atoms with Gasteiger partial charge in [0.1, 0.15) is 11.9 Å². The van der Waals surface area contributed by atoms with Gasteiger partial charge >= 0.3 is 6.09 Å². The number of nitrogens with one attached hydrogen (secondary N) is 2. The molecule has 5 rings (SSSR count). The molecule has 0 bridgehead atoms. The summed E-state index contributed by atoms with van der Waals surface area (Å²) in [5.74, 6) is -1.53. The maximum atomic E-state index is 13.2. The highest BCUT2D eigenvalue weighted by Gasteiger charge is 2.22. The molecule has 41 heavy (non-hydrogen) atoms. The maximum Gasteiger partial charge on any atom is 0.411 e. The summed E-state index contributed by atoms with van der Waals surface area (Å²) in [6.45, 7) is -5.72. The van der Waals surface area contributed by atoms with Crippen LogP contribution in [0.5, 0.6) is 5.75 Å². The fourth-order valence-electron chi connectivity index (χ4n) is 3.98. The second-order valence-electron chi connectivity index (χ2n) is 8.56. The third-order valence-electron chi connectivity index (χ3n) is 5.88. The topological polar surface area (TPSA) is 116 Å². The van der Waals surface area contributed by atoms with E-state index in [2.05, 4.69) is 5.32 Å². The molecule has 214 valence electrons. The summed E-state index contributed by atoms with van der Waals surface area (Å²) in [5.41, 5.74) is -1.78. The number of ether oxygens (including phenoxy) is 2. The zero-order valence-electron chi connectivity index (χ0n) is 37.2. The van der Waals surface area contributed by atoms with Gasteiger partial charge in [0.05, 0.1) is 12.0 Å². The minimum absolute atomic E-state index is 0.0739. The predicted octanol–water partition coefficient (Wildman–Crippen LogP) is 5.70. The first-order valence-electron chi connectivity index (χ1n) is 19.8. The number of aromatic nitrogens is 1. The quantitative estimate of drug-likeness (QED) is 0.272. The molecule has 1 aliphatic rings. The van der Waals surface area contributed by atoms with Crippen LogP contribution in [0.1, 0.15) is 74.5 Å². The van der Waals surface area contributed by atoms with Crippen LogP contribution in [0.25, 0.3) is 10.9 Å². The average Bonchev–Trinajstić information content (AvgIpc) is 3.52. The van der Waals surface area contributed by atoms with Gasteiger partial charge in [-0.1, -0.05) is 24.3 Å². The van der Waals surface area contributed by atoms with Crippen LogP contribution in [-0.2, 0) is 28.1 Å². The second kappa shape index (κ2) is 11.7. The highest BCUT2D eigenvalue weighted by Crippen LogP contribution is 2.30. The van der Waals surface area contributed by atoms with E-state index in [0.717, 1.165) is 54.3 Å². The van der Waals surface area contributed by atoms with Crippen molar-refractivity contribution in [3.05, 3.63) is 89.1 Å². The number of methoxy groups -OCH3 is 1. The van der Waals surface area contributed by atoms with Crippen molar-refractivity contribution in [3.8, 4) is 5.75 Å². The number of fused-ring (bicyclic) bond motifs is 1. The highest BCUT2D eigenvalue weighted by atomic mass is 32.2. The first-order chi connectivity index (χ1) is 25.8. The van der Waals surface area contributed by atoms with E-state index < -0.39 is 84.3 Å². The Morgan fingerprint density at radius 3 is 2.66 bits per heavy atom. The minimum atomic E-state index is -4.74. The minimum Gasteiger partial charge on any atom is -0.496 e. The van der Waals surface area contributed by atoms with Gasteiger partial charge in [0.15, 0.2) is 0 Å². The van der Waals surface area contributed by atoms with Gasteiger partial charge in [0, 0.05) is 63.6 Å². The molecule has 1 heterocycles. The fraction of sp³-hybridized carbons (Fsp3) is 0.290. The van der Waals surface area contributed by atoms with Gasteiger partial charge in [-0.3, -0.25) is 10.1 Å². The zero-order chi connectivity index (χ0) is 43.1. The molecule has 1 saturated carbocycles. The van der Waals surface area contributed by atoms with E-state index in [-0.39, 0.29) is 39.0 Å². The van der Waals surface area contributed by atoms with Crippen LogP contribution in [-0.4, -0.2) is 38.2 Å². The van der Waals surface area contributed by atoms with Crippen molar-refractivity contribution in [2.24, 2.45) is 6.98 Å². The van der Waals surface area contributed by atoms with E-state index >= 15 is 0 Å². The van der Waals surface area contributed by atoms with Crippen molar-refractivity contribution < 1.29 is 49.4 Å². The van der Waals surface area contributed by atoms with Gasteiger partial charge in [0.2, 0.25) is 0 Å². The largest absolute Gasteiger partial charge is 0.496 e. The lowest BCUT2D eigenvalue weighted by atomic mass is 10.0. The van der Waals surface area contributed by atoms with Gasteiger partial charge < -0.3 is 14.0 Å². The third kappa shape index (κ3) is 6.22. The number of rotatable bonds is 8. The van der Waals surface area contributed by atoms with Crippen molar-refractivity contribution in [1.82, 2.24) is 9.29 Å². The summed E-state index contributed by atoms with van der Waals surface area (Å²) in [6.07, 6.45) is -19.3. The molecule has 3 aromatic carbocycles. The Kier molecular flexibility index (Phi) is 4.14. The molecular weight excluding hydrogens is 542 g/mol. The summed E-state index contributed by atoms with van der Waals surface area (Å²) < 4.78 is 169. The van der Waals surface area contributed by atoms with Crippen LogP contribution < -0.4 is 14.8 Å². The Bertz CT molecular complexity index is 2350. The number of aryl methyl sites for hydroxylation is 2. The number of nitrogens with zero attached hydrogens (tertiary/aromatic N) is 1. The zero-order valence-corrected chi connectivity index (χ0v) is 22.0. The van der Waals surface area contributed by atoms with E-state index in [1.807, 2.05) is 0 Å². The van der Waals surface area contributed by atoms with Gasteiger partial charge in [-0.2, -0.15) is 0 Å². The summed E-state index contributed by atoms with van der Waals surface area (Å²) in [5, 5.41) is 2.07. The van der Waals surface area contributed by atoms with Gasteiger partial charge in [-0.25, -0.2) is 17.9 Å². The van der Waals surface area contributed by atoms with Crippen LogP contribution in [0.15, 0.2) is 71.8 Å². The average molecular weight is 592 g/mol. The lowest BCUT2D eigenvalue weighted by Gasteiger charge is -2.13. The van der Waals surface area contributed by atoms with E-state index in [1.54, 1.807) is 4.72 Å². The first-order valence-corrected chi connectivity index (χ1v) is 13.3. The van der Waals surface area contributed by atoms with Crippen molar-refractivity contribution in [2.75, 3.05) is 12.4 Å². The maximum absolute atomic E-state index is 13.2. The van der Waals surface area contributed by atoms with Crippen molar-refractivity contribution in [1.29, 1.82) is 0 Å². The van der Waals surface area contributed by atoms with Gasteiger partial charge in [-0.05, 0) is 85.4 Å². The molecule has 0 radical (unpaired) electrons. The number of anilines is 1. The first kappa shape index (κ1) is 14.5. The molecule has 4 aromatic rings. The van der Waals surface area contributed by atoms with Crippen LogP contribution in [0.2, 0.25) is 0 Å². The Hall–Kier alpha value is -4.31. The fourth-order valence-corrected chi connectivity index (χ4v) is 5.06. The highest BCUT2D eigenvalue weighted by molar-refractivity contribution is 7.90. The van der Waals surface area contributed by atoms with Crippen molar-refractivity contribution in [3.63, 3.8) is 0 Å². The molecule has 1 aliphatic carbocycles. The molecule has 2 N–H and O–H groups in total. The van der Waals surface area contributed by atoms with Gasteiger partial charge in [0.25, 0.3) is 15.9 Å². The molecule has 0 aliphatic heterocycles. The Morgan fingerprint density at radius 2 is 1.90 bits per heavy atom. The Labute approximate surface area is 262 Å². The third-order valence-corrected chi connectivity index (χ3v) is 7.27. The molecule has 1 aromatic heterocycles. The summed E-state index contributed by atoms with van der Waals surface area (Å²) in [6, 6.07) is 11.3. The summed E-state index contributed by atoms with van der Waals surface area (Å²) >= 11 is 0. The normalized spacial score (nSPS) is 25.4. The molecule has 9 nitrogen and oxygen atoms in total. The second-order valence-corrected chi connectivity index (χ2v) is 10.2. The number of benzene rings is 3. The summed E-state index contributed by atoms with van der Waals surface area (Å²) in [4.78, 5) is 25.5. The number of amides is 2. The van der Waals surface area contributed by atoms with E-state index in [4.69, 9.17) is 31.4 Å². The lowest BCUT2D eigenvalue weighted by Crippen LogP contribution is -2.31. The molecule has 0 spiro atoms. The van der Waals surface area contributed by atoms with Crippen LogP contribution in [0.4, 0.5) is 10.5 Å². The van der Waals surface area contributed by atoms with Gasteiger partial charge in [-0.15, -0.1) is 0 Å². The Balaban J connectivity index is 1.50. The predicted molar refractivity (Wildman–Crippen MR) is 157 cm³/mol. The van der Waals surface area contributed by atoms with Crippen LogP contribution >= 0.6 is 0 Å². The number of carbonyl (C=O) groups is 2. The molecular formula is C31H33N3O6S. The molecule has 0 unspecified atom stereocenters. The van der Waals surface area contributed by atoms with E-state index in [9.17, 15) is 18.0 Å². The molecule has 1 fully saturated rings. The van der Waals surface area contributed by atoms with Crippen LogP contribution in [0.3, 0.4) is 0 Å². The molecule has 10 heteroatoms. The SMILES string of the molecule is [2H]C([2H])([2H])c1ccccc1S(=O)(=O)NC(=O)c1ccc(C([2H])([2H])c2cn(C([2H])([2H])[2H])c3ccc(NC(=O)OC4C([2H])([2H])C([2H])([2H])C([2H])([2H])C4([2H])[2H])cc23)c(OC)c1. The molecule has 2 amide bonds. The molecule has 0 atom stereocenters. The van der Waals surface area contributed by atoms with Crippen LogP contribution in [0, 0.1) is 6.85 Å². The smallest absolute Gasteiger partial charge is 0.411 e. The van der Waals surface area contributed by atoms with Crippen molar-refractivity contribution >= 4 is 38.6 Å². The van der Waals surface area contributed by atoms with Crippen molar-refractivity contribution in [2.45, 2.75) is 49.7 Å². The number of hydrogen-bond donors (Lipinski definition) is 2.